The molecule has 0 saturated carbocycles. The van der Waals surface area contributed by atoms with Crippen LogP contribution in [0.15, 0.2) is 48.8 Å². The van der Waals surface area contributed by atoms with Crippen molar-refractivity contribution in [1.29, 1.82) is 0 Å². The van der Waals surface area contributed by atoms with Crippen molar-refractivity contribution in [1.82, 2.24) is 9.97 Å². The van der Waals surface area contributed by atoms with Gasteiger partial charge in [0, 0.05) is 29.4 Å². The number of fused-ring (bicyclic) bond motifs is 1. The van der Waals surface area contributed by atoms with Gasteiger partial charge in [0.15, 0.2) is 5.78 Å². The van der Waals surface area contributed by atoms with E-state index in [4.69, 9.17) is 11.6 Å². The molecule has 0 saturated heterocycles. The number of para-hydroxylation sites is 1. The average molecular weight is 297 g/mol. The van der Waals surface area contributed by atoms with Gasteiger partial charge in [0.2, 0.25) is 0 Å². The Morgan fingerprint density at radius 1 is 1.14 bits per heavy atom. The predicted molar refractivity (Wildman–Crippen MR) is 83.8 cm³/mol. The summed E-state index contributed by atoms with van der Waals surface area (Å²) in [5.74, 6) is -0.00754. The second kappa shape index (κ2) is 5.62. The molecule has 0 aliphatic heterocycles. The van der Waals surface area contributed by atoms with E-state index in [-0.39, 0.29) is 12.2 Å². The number of Topliss-reactive ketones (excluding diaryl/α,β-unsaturated/α-hetero) is 1. The molecule has 3 rings (SSSR count). The maximum atomic E-state index is 12.5. The van der Waals surface area contributed by atoms with Crippen LogP contribution >= 0.6 is 11.6 Å². The molecule has 0 bridgehead atoms. The van der Waals surface area contributed by atoms with Crippen molar-refractivity contribution in [3.05, 3.63) is 70.5 Å². The molecule has 3 nitrogen and oxygen atoms in total. The van der Waals surface area contributed by atoms with Gasteiger partial charge in [-0.1, -0.05) is 29.8 Å². The van der Waals surface area contributed by atoms with Gasteiger partial charge < -0.3 is 0 Å². The van der Waals surface area contributed by atoms with E-state index in [9.17, 15) is 4.79 Å². The van der Waals surface area contributed by atoms with Crippen LogP contribution in [0.3, 0.4) is 0 Å². The maximum absolute atomic E-state index is 12.5. The first kappa shape index (κ1) is 13.7. The SMILES string of the molecule is Cc1ccc(CC(=O)c2cccc3nccnc23)c(Cl)c1. The first-order valence-electron chi connectivity index (χ1n) is 6.63. The van der Waals surface area contributed by atoms with E-state index in [1.54, 1.807) is 18.5 Å². The Bertz CT molecular complexity index is 825. The number of hydrogen-bond donors (Lipinski definition) is 0. The van der Waals surface area contributed by atoms with E-state index >= 15 is 0 Å². The van der Waals surface area contributed by atoms with Crippen LogP contribution in [-0.4, -0.2) is 15.8 Å². The summed E-state index contributed by atoms with van der Waals surface area (Å²) in [4.78, 5) is 21.0. The van der Waals surface area contributed by atoms with Crippen LogP contribution in [-0.2, 0) is 6.42 Å². The molecule has 0 atom stereocenters. The van der Waals surface area contributed by atoms with E-state index in [1.165, 1.54) is 0 Å². The number of rotatable bonds is 3. The first-order chi connectivity index (χ1) is 10.1. The minimum Gasteiger partial charge on any atom is -0.294 e. The normalized spacial score (nSPS) is 10.8. The maximum Gasteiger partial charge on any atom is 0.169 e. The molecule has 1 heterocycles. The van der Waals surface area contributed by atoms with E-state index in [1.807, 2.05) is 37.3 Å². The van der Waals surface area contributed by atoms with Gasteiger partial charge in [-0.05, 0) is 36.2 Å². The van der Waals surface area contributed by atoms with Crippen molar-refractivity contribution < 1.29 is 4.79 Å². The summed E-state index contributed by atoms with van der Waals surface area (Å²) in [6.45, 7) is 1.97. The zero-order valence-electron chi connectivity index (χ0n) is 11.5. The van der Waals surface area contributed by atoms with Gasteiger partial charge in [-0.3, -0.25) is 14.8 Å². The summed E-state index contributed by atoms with van der Waals surface area (Å²) in [7, 11) is 0. The molecule has 2 aromatic carbocycles. The molecule has 21 heavy (non-hydrogen) atoms. The third-order valence-corrected chi connectivity index (χ3v) is 3.71. The van der Waals surface area contributed by atoms with Crippen LogP contribution in [0.4, 0.5) is 0 Å². The predicted octanol–water partition coefficient (Wildman–Crippen LogP) is 4.02. The molecule has 104 valence electrons. The molecule has 4 heteroatoms. The number of nitrogens with zero attached hydrogens (tertiary/aromatic N) is 2. The second-order valence-corrected chi connectivity index (χ2v) is 5.33. The van der Waals surface area contributed by atoms with E-state index in [0.717, 1.165) is 16.6 Å². The smallest absolute Gasteiger partial charge is 0.169 e. The molecule has 0 radical (unpaired) electrons. The quantitative estimate of drug-likeness (QED) is 0.686. The van der Waals surface area contributed by atoms with Crippen molar-refractivity contribution in [3.8, 4) is 0 Å². The van der Waals surface area contributed by atoms with Gasteiger partial charge in [-0.25, -0.2) is 0 Å². The Morgan fingerprint density at radius 2 is 1.95 bits per heavy atom. The molecular weight excluding hydrogens is 284 g/mol. The van der Waals surface area contributed by atoms with Gasteiger partial charge in [-0.15, -0.1) is 0 Å². The van der Waals surface area contributed by atoms with E-state index in [0.29, 0.717) is 16.1 Å². The number of aromatic nitrogens is 2. The molecule has 0 aliphatic carbocycles. The number of benzene rings is 2. The minimum absolute atomic E-state index is 0.00754. The number of carbonyl (C=O) groups excluding carboxylic acids is 1. The zero-order valence-corrected chi connectivity index (χ0v) is 12.3. The molecule has 0 aliphatic rings. The fourth-order valence-corrected chi connectivity index (χ4v) is 2.58. The standard InChI is InChI=1S/C17H13ClN2O/c1-11-5-6-12(14(18)9-11)10-16(21)13-3-2-4-15-17(13)20-8-7-19-15/h2-9H,10H2,1H3. The lowest BCUT2D eigenvalue weighted by atomic mass is 10.0. The number of carbonyl (C=O) groups is 1. The van der Waals surface area contributed by atoms with Crippen LogP contribution in [0, 0.1) is 6.92 Å². The Kier molecular flexibility index (Phi) is 3.67. The van der Waals surface area contributed by atoms with Crippen molar-refractivity contribution >= 4 is 28.4 Å². The monoisotopic (exact) mass is 296 g/mol. The molecule has 1 aromatic heterocycles. The third kappa shape index (κ3) is 2.78. The second-order valence-electron chi connectivity index (χ2n) is 4.92. The largest absolute Gasteiger partial charge is 0.294 e. The molecule has 0 fully saturated rings. The van der Waals surface area contributed by atoms with Crippen molar-refractivity contribution in [3.63, 3.8) is 0 Å². The lowest BCUT2D eigenvalue weighted by molar-refractivity contribution is 0.0994. The van der Waals surface area contributed by atoms with Crippen LogP contribution in [0.5, 0.6) is 0 Å². The summed E-state index contributed by atoms with van der Waals surface area (Å²) in [6, 6.07) is 11.2. The van der Waals surface area contributed by atoms with Gasteiger partial charge in [-0.2, -0.15) is 0 Å². The van der Waals surface area contributed by atoms with Crippen LogP contribution in [0.2, 0.25) is 5.02 Å². The number of hydrogen-bond acceptors (Lipinski definition) is 3. The van der Waals surface area contributed by atoms with Gasteiger partial charge in [0.1, 0.15) is 0 Å². The Morgan fingerprint density at radius 3 is 2.76 bits per heavy atom. The highest BCUT2D eigenvalue weighted by Gasteiger charge is 2.13. The molecule has 0 spiro atoms. The zero-order chi connectivity index (χ0) is 14.8. The highest BCUT2D eigenvalue weighted by molar-refractivity contribution is 6.31. The first-order valence-corrected chi connectivity index (χ1v) is 7.01. The number of aryl methyl sites for hydroxylation is 1. The Labute approximate surface area is 127 Å². The lowest BCUT2D eigenvalue weighted by Crippen LogP contribution is -2.06. The molecule has 0 unspecified atom stereocenters. The van der Waals surface area contributed by atoms with Crippen LogP contribution < -0.4 is 0 Å². The van der Waals surface area contributed by atoms with Crippen molar-refractivity contribution in [2.24, 2.45) is 0 Å². The average Bonchev–Trinajstić information content (AvgIpc) is 2.49. The Hall–Kier alpha value is -2.26. The number of ketones is 1. The molecular formula is C17H13ClN2O. The topological polar surface area (TPSA) is 42.9 Å². The fraction of sp³-hybridized carbons (Fsp3) is 0.118. The van der Waals surface area contributed by atoms with Crippen molar-refractivity contribution in [2.75, 3.05) is 0 Å². The molecule has 3 aromatic rings. The molecule has 0 N–H and O–H groups in total. The molecule has 0 amide bonds. The third-order valence-electron chi connectivity index (χ3n) is 3.36. The highest BCUT2D eigenvalue weighted by atomic mass is 35.5. The fourth-order valence-electron chi connectivity index (χ4n) is 2.28. The van der Waals surface area contributed by atoms with Crippen molar-refractivity contribution in [2.45, 2.75) is 13.3 Å². The summed E-state index contributed by atoms with van der Waals surface area (Å²) in [5, 5.41) is 0.620. The van der Waals surface area contributed by atoms with Gasteiger partial charge >= 0.3 is 0 Å². The summed E-state index contributed by atoms with van der Waals surface area (Å²) >= 11 is 6.20. The minimum atomic E-state index is -0.00754. The highest BCUT2D eigenvalue weighted by Crippen LogP contribution is 2.21. The number of halogens is 1. The Balaban J connectivity index is 1.97. The summed E-state index contributed by atoms with van der Waals surface area (Å²) in [6.07, 6.45) is 3.47. The lowest BCUT2D eigenvalue weighted by Gasteiger charge is -2.07. The van der Waals surface area contributed by atoms with Gasteiger partial charge in [0.05, 0.1) is 11.0 Å². The van der Waals surface area contributed by atoms with E-state index in [2.05, 4.69) is 9.97 Å². The summed E-state index contributed by atoms with van der Waals surface area (Å²) in [5.41, 5.74) is 3.84. The van der Waals surface area contributed by atoms with Crippen LogP contribution in [0.25, 0.3) is 11.0 Å². The van der Waals surface area contributed by atoms with E-state index < -0.39 is 0 Å². The summed E-state index contributed by atoms with van der Waals surface area (Å²) < 4.78 is 0. The van der Waals surface area contributed by atoms with Crippen LogP contribution in [0.1, 0.15) is 21.5 Å². The van der Waals surface area contributed by atoms with Gasteiger partial charge in [0.25, 0.3) is 0 Å².